The van der Waals surface area contributed by atoms with Crippen LogP contribution >= 0.6 is 0 Å². The van der Waals surface area contributed by atoms with Crippen LogP contribution in [0.25, 0.3) is 22.5 Å². The first-order valence-electron chi connectivity index (χ1n) is 9.44. The number of hydrogen-bond acceptors (Lipinski definition) is 6. The smallest absolute Gasteiger partial charge is 0.338 e. The van der Waals surface area contributed by atoms with E-state index in [-0.39, 0.29) is 13.4 Å². The number of aromatic nitrogens is 1. The lowest BCUT2D eigenvalue weighted by atomic mass is 10.0. The summed E-state index contributed by atoms with van der Waals surface area (Å²) in [5.74, 6) is 1.51. The summed E-state index contributed by atoms with van der Waals surface area (Å²) in [6.45, 7) is 0.232. The van der Waals surface area contributed by atoms with Gasteiger partial charge < -0.3 is 18.7 Å². The van der Waals surface area contributed by atoms with Crippen LogP contribution in [-0.4, -0.2) is 17.9 Å². The average Bonchev–Trinajstić information content (AvgIpc) is 3.47. The fraction of sp³-hybridized carbons (Fsp3) is 0.0833. The molecular formula is C24H17NO5. The van der Waals surface area contributed by atoms with Crippen LogP contribution < -0.4 is 9.47 Å². The highest BCUT2D eigenvalue weighted by molar-refractivity contribution is 5.90. The molecule has 1 aliphatic rings. The van der Waals surface area contributed by atoms with Crippen molar-refractivity contribution >= 4 is 5.97 Å². The number of nitrogens with zero attached hydrogens (tertiary/aromatic N) is 1. The van der Waals surface area contributed by atoms with Gasteiger partial charge in [0.25, 0.3) is 0 Å². The lowest BCUT2D eigenvalue weighted by Gasteiger charge is -2.05. The zero-order chi connectivity index (χ0) is 20.3. The van der Waals surface area contributed by atoms with E-state index in [1.54, 1.807) is 18.2 Å². The predicted octanol–water partition coefficient (Wildman–Crippen LogP) is 5.09. The molecule has 0 radical (unpaired) electrons. The maximum absolute atomic E-state index is 12.4. The third-order valence-corrected chi connectivity index (χ3v) is 4.79. The summed E-state index contributed by atoms with van der Waals surface area (Å²) >= 11 is 0. The Balaban J connectivity index is 1.23. The fourth-order valence-electron chi connectivity index (χ4n) is 3.22. The molecule has 0 atom stereocenters. The van der Waals surface area contributed by atoms with Crippen molar-refractivity contribution in [1.29, 1.82) is 0 Å². The van der Waals surface area contributed by atoms with Gasteiger partial charge in [0, 0.05) is 11.6 Å². The molecule has 0 spiro atoms. The Kier molecular flexibility index (Phi) is 4.65. The molecule has 0 amide bonds. The standard InChI is InChI=1S/C24H17NO5/c26-24(18-8-6-17(7-9-18)16-4-2-1-3-5-16)27-14-20-13-22(30-25-20)19-10-11-21-23(12-19)29-15-28-21/h1-13H,14-15H2. The van der Waals surface area contributed by atoms with Crippen LogP contribution in [0.3, 0.4) is 0 Å². The van der Waals surface area contributed by atoms with Crippen LogP contribution in [0, 0.1) is 0 Å². The summed E-state index contributed by atoms with van der Waals surface area (Å²) in [4.78, 5) is 12.4. The summed E-state index contributed by atoms with van der Waals surface area (Å²) < 4.78 is 21.4. The van der Waals surface area contributed by atoms with E-state index in [4.69, 9.17) is 18.7 Å². The Labute approximate surface area is 172 Å². The van der Waals surface area contributed by atoms with Gasteiger partial charge in [-0.3, -0.25) is 0 Å². The molecule has 6 heteroatoms. The maximum Gasteiger partial charge on any atom is 0.338 e. The van der Waals surface area contributed by atoms with Gasteiger partial charge in [0.1, 0.15) is 12.3 Å². The van der Waals surface area contributed by atoms with Crippen molar-refractivity contribution in [3.8, 4) is 33.9 Å². The minimum Gasteiger partial charge on any atom is -0.455 e. The number of carbonyl (C=O) groups excluding carboxylic acids is 1. The highest BCUT2D eigenvalue weighted by atomic mass is 16.7. The molecule has 0 bridgehead atoms. The van der Waals surface area contributed by atoms with Crippen LogP contribution in [0.5, 0.6) is 11.5 Å². The normalized spacial score (nSPS) is 12.0. The van der Waals surface area contributed by atoms with Gasteiger partial charge in [-0.25, -0.2) is 4.79 Å². The molecule has 30 heavy (non-hydrogen) atoms. The van der Waals surface area contributed by atoms with Gasteiger partial charge in [0.15, 0.2) is 17.3 Å². The Morgan fingerprint density at radius 3 is 2.40 bits per heavy atom. The minimum absolute atomic E-state index is 0.0212. The summed E-state index contributed by atoms with van der Waals surface area (Å²) in [6, 6.07) is 24.5. The van der Waals surface area contributed by atoms with Crippen LogP contribution in [0.1, 0.15) is 16.1 Å². The summed E-state index contributed by atoms with van der Waals surface area (Å²) in [6.07, 6.45) is 0. The van der Waals surface area contributed by atoms with Crippen molar-refractivity contribution in [2.24, 2.45) is 0 Å². The van der Waals surface area contributed by atoms with E-state index >= 15 is 0 Å². The van der Waals surface area contributed by atoms with Gasteiger partial charge in [-0.15, -0.1) is 0 Å². The van der Waals surface area contributed by atoms with Crippen LogP contribution in [0.4, 0.5) is 0 Å². The largest absolute Gasteiger partial charge is 0.455 e. The lowest BCUT2D eigenvalue weighted by Crippen LogP contribution is -2.05. The number of ether oxygens (including phenoxy) is 3. The summed E-state index contributed by atoms with van der Waals surface area (Å²) in [5, 5.41) is 3.98. The number of esters is 1. The summed E-state index contributed by atoms with van der Waals surface area (Å²) in [5.41, 5.74) is 3.94. The SMILES string of the molecule is O=C(OCc1cc(-c2ccc3c(c2)OCO3)on1)c1ccc(-c2ccccc2)cc1. The molecule has 0 aliphatic carbocycles. The van der Waals surface area contributed by atoms with Crippen LogP contribution in [0.15, 0.2) is 83.4 Å². The van der Waals surface area contributed by atoms with Gasteiger partial charge in [0.05, 0.1) is 5.56 Å². The molecule has 0 N–H and O–H groups in total. The fourth-order valence-corrected chi connectivity index (χ4v) is 3.22. The average molecular weight is 399 g/mol. The molecule has 0 saturated carbocycles. The first kappa shape index (κ1) is 18.0. The minimum atomic E-state index is -0.415. The predicted molar refractivity (Wildman–Crippen MR) is 109 cm³/mol. The number of hydrogen-bond donors (Lipinski definition) is 0. The first-order chi connectivity index (χ1) is 14.8. The molecule has 1 aliphatic heterocycles. The van der Waals surface area contributed by atoms with Gasteiger partial charge >= 0.3 is 5.97 Å². The van der Waals surface area contributed by atoms with Crippen molar-refractivity contribution in [3.05, 3.63) is 90.1 Å². The van der Waals surface area contributed by atoms with Gasteiger partial charge in [-0.05, 0) is 41.5 Å². The van der Waals surface area contributed by atoms with Gasteiger partial charge in [0.2, 0.25) is 6.79 Å². The van der Waals surface area contributed by atoms with E-state index in [2.05, 4.69) is 5.16 Å². The highest BCUT2D eigenvalue weighted by Crippen LogP contribution is 2.36. The third kappa shape index (κ3) is 3.63. The molecule has 0 unspecified atom stereocenters. The van der Waals surface area contributed by atoms with Gasteiger partial charge in [-0.2, -0.15) is 0 Å². The van der Waals surface area contributed by atoms with Crippen LogP contribution in [-0.2, 0) is 11.3 Å². The number of carbonyl (C=O) groups is 1. The monoisotopic (exact) mass is 399 g/mol. The number of rotatable bonds is 5. The van der Waals surface area contributed by atoms with E-state index in [1.807, 2.05) is 60.7 Å². The van der Waals surface area contributed by atoms with Crippen molar-refractivity contribution in [2.75, 3.05) is 6.79 Å². The molecule has 3 aromatic carbocycles. The molecule has 0 saturated heterocycles. The second-order valence-electron chi connectivity index (χ2n) is 6.77. The Morgan fingerprint density at radius 1 is 0.833 bits per heavy atom. The molecular weight excluding hydrogens is 382 g/mol. The van der Waals surface area contributed by atoms with Crippen molar-refractivity contribution < 1.29 is 23.5 Å². The molecule has 2 heterocycles. The lowest BCUT2D eigenvalue weighted by molar-refractivity contribution is 0.0464. The molecule has 1 aromatic heterocycles. The van der Waals surface area contributed by atoms with Crippen LogP contribution in [0.2, 0.25) is 0 Å². The number of benzene rings is 3. The second kappa shape index (κ2) is 7.75. The quantitative estimate of drug-likeness (QED) is 0.435. The highest BCUT2D eigenvalue weighted by Gasteiger charge is 2.16. The Morgan fingerprint density at radius 2 is 1.57 bits per heavy atom. The molecule has 5 rings (SSSR count). The van der Waals surface area contributed by atoms with Crippen molar-refractivity contribution in [3.63, 3.8) is 0 Å². The van der Waals surface area contributed by atoms with Crippen molar-refractivity contribution in [2.45, 2.75) is 6.61 Å². The molecule has 148 valence electrons. The molecule has 6 nitrogen and oxygen atoms in total. The van der Waals surface area contributed by atoms with Crippen molar-refractivity contribution in [1.82, 2.24) is 5.16 Å². The Hall–Kier alpha value is -4.06. The van der Waals surface area contributed by atoms with E-state index in [0.29, 0.717) is 28.5 Å². The topological polar surface area (TPSA) is 70.8 Å². The third-order valence-electron chi connectivity index (χ3n) is 4.79. The zero-order valence-corrected chi connectivity index (χ0v) is 15.9. The van der Waals surface area contributed by atoms with E-state index in [9.17, 15) is 4.79 Å². The molecule has 4 aromatic rings. The van der Waals surface area contributed by atoms with E-state index < -0.39 is 5.97 Å². The van der Waals surface area contributed by atoms with E-state index in [1.165, 1.54) is 0 Å². The maximum atomic E-state index is 12.4. The van der Waals surface area contributed by atoms with Gasteiger partial charge in [-0.1, -0.05) is 47.6 Å². The zero-order valence-electron chi connectivity index (χ0n) is 15.9. The Bertz CT molecular complexity index is 1180. The van der Waals surface area contributed by atoms with E-state index in [0.717, 1.165) is 16.7 Å². The summed E-state index contributed by atoms with van der Waals surface area (Å²) in [7, 11) is 0. The number of fused-ring (bicyclic) bond motifs is 1. The molecule has 0 fully saturated rings. The first-order valence-corrected chi connectivity index (χ1v) is 9.44. The second-order valence-corrected chi connectivity index (χ2v) is 6.77.